The minimum atomic E-state index is -0.411. The van der Waals surface area contributed by atoms with Crippen LogP contribution in [-0.4, -0.2) is 18.6 Å². The standard InChI is InChI=1S/C11H16N2O3/c1-3-4-12-8-9-5-10(13(14)15)7-11(6-9)16-2/h5-7,12H,3-4,8H2,1-2H3. The summed E-state index contributed by atoms with van der Waals surface area (Å²) in [5, 5.41) is 13.9. The maximum Gasteiger partial charge on any atom is 0.273 e. The summed E-state index contributed by atoms with van der Waals surface area (Å²) in [6, 6.07) is 4.78. The summed E-state index contributed by atoms with van der Waals surface area (Å²) in [6.45, 7) is 3.58. The molecule has 88 valence electrons. The first-order valence-corrected chi connectivity index (χ1v) is 5.20. The summed E-state index contributed by atoms with van der Waals surface area (Å²) < 4.78 is 5.02. The third kappa shape index (κ3) is 3.51. The van der Waals surface area contributed by atoms with Gasteiger partial charge in [0.1, 0.15) is 5.75 Å². The van der Waals surface area contributed by atoms with Gasteiger partial charge in [-0.15, -0.1) is 0 Å². The molecule has 1 rings (SSSR count). The number of rotatable bonds is 6. The largest absolute Gasteiger partial charge is 0.496 e. The molecule has 1 aromatic carbocycles. The van der Waals surface area contributed by atoms with Gasteiger partial charge in [-0.1, -0.05) is 6.92 Å². The molecule has 0 atom stereocenters. The average molecular weight is 224 g/mol. The van der Waals surface area contributed by atoms with Crippen LogP contribution in [0.4, 0.5) is 5.69 Å². The highest BCUT2D eigenvalue weighted by Crippen LogP contribution is 2.22. The van der Waals surface area contributed by atoms with Crippen LogP contribution in [-0.2, 0) is 6.54 Å². The molecule has 0 heterocycles. The number of benzene rings is 1. The molecule has 0 aliphatic rings. The van der Waals surface area contributed by atoms with E-state index < -0.39 is 4.92 Å². The number of non-ortho nitro benzene ring substituents is 1. The van der Waals surface area contributed by atoms with Crippen molar-refractivity contribution in [2.45, 2.75) is 19.9 Å². The third-order valence-electron chi connectivity index (χ3n) is 2.15. The van der Waals surface area contributed by atoms with Gasteiger partial charge in [0.15, 0.2) is 0 Å². The lowest BCUT2D eigenvalue weighted by atomic mass is 10.2. The van der Waals surface area contributed by atoms with Gasteiger partial charge in [-0.3, -0.25) is 10.1 Å². The van der Waals surface area contributed by atoms with E-state index in [1.807, 2.05) is 0 Å². The van der Waals surface area contributed by atoms with Crippen LogP contribution in [0.3, 0.4) is 0 Å². The van der Waals surface area contributed by atoms with E-state index in [2.05, 4.69) is 12.2 Å². The van der Waals surface area contributed by atoms with Crippen LogP contribution in [0.5, 0.6) is 5.75 Å². The highest BCUT2D eigenvalue weighted by atomic mass is 16.6. The van der Waals surface area contributed by atoms with E-state index in [1.165, 1.54) is 13.2 Å². The van der Waals surface area contributed by atoms with Crippen LogP contribution >= 0.6 is 0 Å². The van der Waals surface area contributed by atoms with Crippen molar-refractivity contribution >= 4 is 5.69 Å². The fourth-order valence-corrected chi connectivity index (χ4v) is 1.38. The number of hydrogen-bond acceptors (Lipinski definition) is 4. The molecule has 0 spiro atoms. The maximum atomic E-state index is 10.7. The van der Waals surface area contributed by atoms with Crippen LogP contribution < -0.4 is 10.1 Å². The fraction of sp³-hybridized carbons (Fsp3) is 0.455. The Bertz CT molecular complexity index is 366. The zero-order valence-corrected chi connectivity index (χ0v) is 9.53. The van der Waals surface area contributed by atoms with Crippen LogP contribution in [0, 0.1) is 10.1 Å². The zero-order valence-electron chi connectivity index (χ0n) is 9.53. The van der Waals surface area contributed by atoms with Crippen molar-refractivity contribution in [3.8, 4) is 5.75 Å². The Morgan fingerprint density at radius 1 is 1.44 bits per heavy atom. The number of ether oxygens (including phenoxy) is 1. The smallest absolute Gasteiger partial charge is 0.273 e. The summed E-state index contributed by atoms with van der Waals surface area (Å²) in [5.41, 5.74) is 0.923. The normalized spacial score (nSPS) is 10.1. The Morgan fingerprint density at radius 2 is 2.19 bits per heavy atom. The summed E-state index contributed by atoms with van der Waals surface area (Å²) >= 11 is 0. The molecule has 0 aromatic heterocycles. The van der Waals surface area contributed by atoms with Crippen LogP contribution in [0.1, 0.15) is 18.9 Å². The van der Waals surface area contributed by atoms with Gasteiger partial charge in [0.25, 0.3) is 5.69 Å². The van der Waals surface area contributed by atoms with Crippen molar-refractivity contribution in [1.29, 1.82) is 0 Å². The van der Waals surface area contributed by atoms with Gasteiger partial charge in [-0.25, -0.2) is 0 Å². The molecule has 0 aliphatic heterocycles. The number of hydrogen-bond donors (Lipinski definition) is 1. The Labute approximate surface area is 94.6 Å². The highest BCUT2D eigenvalue weighted by Gasteiger charge is 2.09. The van der Waals surface area contributed by atoms with Gasteiger partial charge in [-0.2, -0.15) is 0 Å². The van der Waals surface area contributed by atoms with E-state index >= 15 is 0 Å². The molecule has 0 saturated carbocycles. The molecule has 0 unspecified atom stereocenters. The van der Waals surface area contributed by atoms with Gasteiger partial charge in [0.2, 0.25) is 0 Å². The molecule has 0 saturated heterocycles. The Hall–Kier alpha value is -1.62. The van der Waals surface area contributed by atoms with Crippen molar-refractivity contribution in [3.05, 3.63) is 33.9 Å². The lowest BCUT2D eigenvalue weighted by Gasteiger charge is -2.06. The van der Waals surface area contributed by atoms with Gasteiger partial charge in [-0.05, 0) is 24.6 Å². The predicted octanol–water partition coefficient (Wildman–Crippen LogP) is 2.10. The summed E-state index contributed by atoms with van der Waals surface area (Å²) in [7, 11) is 1.50. The zero-order chi connectivity index (χ0) is 12.0. The SMILES string of the molecule is CCCNCc1cc(OC)cc([N+](=O)[O-])c1. The number of methoxy groups -OCH3 is 1. The van der Waals surface area contributed by atoms with E-state index in [4.69, 9.17) is 4.74 Å². The van der Waals surface area contributed by atoms with Gasteiger partial charge < -0.3 is 10.1 Å². The molecule has 5 heteroatoms. The van der Waals surface area contributed by atoms with E-state index in [-0.39, 0.29) is 5.69 Å². The lowest BCUT2D eigenvalue weighted by molar-refractivity contribution is -0.385. The molecular formula is C11H16N2O3. The Balaban J connectivity index is 2.82. The quantitative estimate of drug-likeness (QED) is 0.456. The molecule has 16 heavy (non-hydrogen) atoms. The molecule has 0 radical (unpaired) electrons. The topological polar surface area (TPSA) is 64.4 Å². The molecular weight excluding hydrogens is 208 g/mol. The van der Waals surface area contributed by atoms with Crippen molar-refractivity contribution in [1.82, 2.24) is 5.32 Å². The second kappa shape index (κ2) is 6.07. The molecule has 1 aromatic rings. The number of nitrogens with zero attached hydrogens (tertiary/aromatic N) is 1. The average Bonchev–Trinajstić information content (AvgIpc) is 2.29. The van der Waals surface area contributed by atoms with Crippen LogP contribution in [0.15, 0.2) is 18.2 Å². The molecule has 1 N–H and O–H groups in total. The van der Waals surface area contributed by atoms with Crippen molar-refractivity contribution in [3.63, 3.8) is 0 Å². The first-order chi connectivity index (χ1) is 7.67. The summed E-state index contributed by atoms with van der Waals surface area (Å²) in [4.78, 5) is 10.3. The van der Waals surface area contributed by atoms with E-state index in [0.29, 0.717) is 12.3 Å². The minimum absolute atomic E-state index is 0.0626. The van der Waals surface area contributed by atoms with Crippen LogP contribution in [0.25, 0.3) is 0 Å². The van der Waals surface area contributed by atoms with Crippen molar-refractivity contribution < 1.29 is 9.66 Å². The van der Waals surface area contributed by atoms with Gasteiger partial charge in [0, 0.05) is 12.6 Å². The molecule has 0 amide bonds. The molecule has 5 nitrogen and oxygen atoms in total. The lowest BCUT2D eigenvalue weighted by Crippen LogP contribution is -2.13. The van der Waals surface area contributed by atoms with E-state index in [9.17, 15) is 10.1 Å². The van der Waals surface area contributed by atoms with Crippen molar-refractivity contribution in [2.75, 3.05) is 13.7 Å². The number of nitrogens with one attached hydrogen (secondary N) is 1. The molecule has 0 bridgehead atoms. The predicted molar refractivity (Wildman–Crippen MR) is 61.6 cm³/mol. The molecule has 0 fully saturated rings. The Morgan fingerprint density at radius 3 is 2.75 bits per heavy atom. The fourth-order valence-electron chi connectivity index (χ4n) is 1.38. The van der Waals surface area contributed by atoms with Gasteiger partial charge >= 0.3 is 0 Å². The second-order valence-electron chi connectivity index (χ2n) is 3.47. The monoisotopic (exact) mass is 224 g/mol. The third-order valence-corrected chi connectivity index (χ3v) is 2.15. The summed E-state index contributed by atoms with van der Waals surface area (Å²) in [5.74, 6) is 0.516. The molecule has 0 aliphatic carbocycles. The summed E-state index contributed by atoms with van der Waals surface area (Å²) in [6.07, 6.45) is 1.03. The highest BCUT2D eigenvalue weighted by molar-refractivity contribution is 5.42. The van der Waals surface area contributed by atoms with Crippen LogP contribution in [0.2, 0.25) is 0 Å². The second-order valence-corrected chi connectivity index (χ2v) is 3.47. The maximum absolute atomic E-state index is 10.7. The minimum Gasteiger partial charge on any atom is -0.496 e. The van der Waals surface area contributed by atoms with Crippen molar-refractivity contribution in [2.24, 2.45) is 0 Å². The number of nitro groups is 1. The van der Waals surface area contributed by atoms with E-state index in [0.717, 1.165) is 18.5 Å². The first-order valence-electron chi connectivity index (χ1n) is 5.20. The first kappa shape index (κ1) is 12.4. The Kier molecular flexibility index (Phi) is 4.72. The van der Waals surface area contributed by atoms with Gasteiger partial charge in [0.05, 0.1) is 18.1 Å². The van der Waals surface area contributed by atoms with E-state index in [1.54, 1.807) is 12.1 Å². The number of nitro benzene ring substituents is 1.